The summed E-state index contributed by atoms with van der Waals surface area (Å²) >= 11 is 0. The molecule has 1 aromatic heterocycles. The first kappa shape index (κ1) is 16.3. The number of carbonyl (C=O) groups excluding carboxylic acids is 1. The number of furan rings is 1. The first-order chi connectivity index (χ1) is 11.2. The van der Waals surface area contributed by atoms with E-state index in [4.69, 9.17) is 9.15 Å². The van der Waals surface area contributed by atoms with Gasteiger partial charge < -0.3 is 19.4 Å². The lowest BCUT2D eigenvalue weighted by Gasteiger charge is -2.35. The highest BCUT2D eigenvalue weighted by Gasteiger charge is 2.27. The van der Waals surface area contributed by atoms with Gasteiger partial charge in [0.15, 0.2) is 0 Å². The average molecular weight is 321 g/mol. The molecule has 2 atom stereocenters. The van der Waals surface area contributed by atoms with Gasteiger partial charge in [0.2, 0.25) is 0 Å². The maximum atomic E-state index is 12.4. The van der Waals surface area contributed by atoms with E-state index in [9.17, 15) is 4.79 Å². The Morgan fingerprint density at radius 1 is 1.35 bits per heavy atom. The van der Waals surface area contributed by atoms with Crippen LogP contribution >= 0.6 is 0 Å². The van der Waals surface area contributed by atoms with E-state index in [-0.39, 0.29) is 18.2 Å². The number of amides is 2. The Labute approximate surface area is 137 Å². The molecule has 6 heteroatoms. The lowest BCUT2D eigenvalue weighted by atomic mass is 10.1. The number of piperidine rings is 1. The van der Waals surface area contributed by atoms with Gasteiger partial charge in [-0.15, -0.1) is 0 Å². The number of nitrogens with one attached hydrogen (secondary N) is 1. The van der Waals surface area contributed by atoms with Crippen molar-refractivity contribution in [2.24, 2.45) is 0 Å². The smallest absolute Gasteiger partial charge is 0.317 e. The van der Waals surface area contributed by atoms with Crippen molar-refractivity contribution in [3.05, 3.63) is 24.2 Å². The van der Waals surface area contributed by atoms with Crippen LogP contribution in [0.2, 0.25) is 0 Å². The van der Waals surface area contributed by atoms with Crippen LogP contribution in [0.5, 0.6) is 0 Å². The predicted octanol–water partition coefficient (Wildman–Crippen LogP) is 2.24. The monoisotopic (exact) mass is 321 g/mol. The summed E-state index contributed by atoms with van der Waals surface area (Å²) in [5.41, 5.74) is 0. The molecule has 2 fully saturated rings. The molecule has 2 aliphatic heterocycles. The number of urea groups is 1. The zero-order valence-corrected chi connectivity index (χ0v) is 13.9. The molecule has 2 saturated heterocycles. The van der Waals surface area contributed by atoms with Crippen LogP contribution in [0.25, 0.3) is 0 Å². The Kier molecular flexibility index (Phi) is 5.56. The fourth-order valence-electron chi connectivity index (χ4n) is 3.42. The van der Waals surface area contributed by atoms with E-state index in [0.717, 1.165) is 18.8 Å². The van der Waals surface area contributed by atoms with Crippen LogP contribution in [0.1, 0.15) is 38.0 Å². The van der Waals surface area contributed by atoms with Crippen molar-refractivity contribution < 1.29 is 13.9 Å². The van der Waals surface area contributed by atoms with E-state index in [0.29, 0.717) is 26.2 Å². The van der Waals surface area contributed by atoms with Crippen molar-refractivity contribution in [3.63, 3.8) is 0 Å². The van der Waals surface area contributed by atoms with E-state index in [1.165, 1.54) is 19.3 Å². The molecule has 2 aliphatic rings. The third-order valence-corrected chi connectivity index (χ3v) is 4.68. The summed E-state index contributed by atoms with van der Waals surface area (Å²) < 4.78 is 11.1. The predicted molar refractivity (Wildman–Crippen MR) is 87.3 cm³/mol. The minimum Gasteiger partial charge on any atom is -0.468 e. The van der Waals surface area contributed by atoms with Crippen molar-refractivity contribution in [2.75, 3.05) is 39.3 Å². The summed E-state index contributed by atoms with van der Waals surface area (Å²) in [4.78, 5) is 16.7. The molecule has 0 radical (unpaired) electrons. The summed E-state index contributed by atoms with van der Waals surface area (Å²) in [5, 5.41) is 3.09. The Morgan fingerprint density at radius 2 is 2.17 bits per heavy atom. The normalized spacial score (nSPS) is 24.4. The number of nitrogens with zero attached hydrogens (tertiary/aromatic N) is 2. The van der Waals surface area contributed by atoms with Crippen molar-refractivity contribution >= 4 is 6.03 Å². The third kappa shape index (κ3) is 4.26. The fraction of sp³-hybridized carbons (Fsp3) is 0.706. The molecule has 0 unspecified atom stereocenters. The summed E-state index contributed by atoms with van der Waals surface area (Å²) in [6.07, 6.45) is 5.53. The average Bonchev–Trinajstić information content (AvgIpc) is 3.10. The van der Waals surface area contributed by atoms with Crippen LogP contribution in [0, 0.1) is 0 Å². The van der Waals surface area contributed by atoms with Crippen LogP contribution in [0.3, 0.4) is 0 Å². The van der Waals surface area contributed by atoms with Crippen molar-refractivity contribution in [1.82, 2.24) is 15.1 Å². The van der Waals surface area contributed by atoms with E-state index in [1.807, 2.05) is 24.0 Å². The van der Waals surface area contributed by atoms with E-state index < -0.39 is 0 Å². The number of hydrogen-bond donors (Lipinski definition) is 1. The van der Waals surface area contributed by atoms with Gasteiger partial charge in [0, 0.05) is 19.6 Å². The van der Waals surface area contributed by atoms with Crippen LogP contribution in [-0.2, 0) is 4.74 Å². The molecule has 1 aromatic rings. The number of likely N-dealkylation sites (tertiary alicyclic amines) is 1. The molecular weight excluding hydrogens is 294 g/mol. The van der Waals surface area contributed by atoms with Crippen LogP contribution in [0.15, 0.2) is 22.8 Å². The molecular formula is C17H27N3O3. The third-order valence-electron chi connectivity index (χ3n) is 4.68. The second kappa shape index (κ2) is 7.84. The lowest BCUT2D eigenvalue weighted by Crippen LogP contribution is -2.50. The van der Waals surface area contributed by atoms with Crippen molar-refractivity contribution in [1.29, 1.82) is 0 Å². The van der Waals surface area contributed by atoms with Crippen molar-refractivity contribution in [2.45, 2.75) is 38.3 Å². The molecule has 128 valence electrons. The zero-order chi connectivity index (χ0) is 16.1. The molecule has 6 nitrogen and oxygen atoms in total. The minimum atomic E-state index is -0.00582. The first-order valence-corrected chi connectivity index (χ1v) is 8.66. The number of rotatable bonds is 4. The highest BCUT2D eigenvalue weighted by atomic mass is 16.5. The SMILES string of the molecule is C[C@@H]1CN(C(=O)NC[C@H](c2ccco2)N2CCCCC2)CCO1. The molecule has 23 heavy (non-hydrogen) atoms. The number of morpholine rings is 1. The molecule has 0 spiro atoms. The second-order valence-corrected chi connectivity index (χ2v) is 6.44. The van der Waals surface area contributed by atoms with Gasteiger partial charge >= 0.3 is 6.03 Å². The maximum absolute atomic E-state index is 12.4. The summed E-state index contributed by atoms with van der Waals surface area (Å²) in [6.45, 7) is 6.64. The summed E-state index contributed by atoms with van der Waals surface area (Å²) in [5.74, 6) is 0.933. The zero-order valence-electron chi connectivity index (χ0n) is 13.9. The number of hydrogen-bond acceptors (Lipinski definition) is 4. The van der Waals surface area contributed by atoms with Crippen molar-refractivity contribution in [3.8, 4) is 0 Å². The summed E-state index contributed by atoms with van der Waals surface area (Å²) in [6, 6.07) is 4.03. The highest BCUT2D eigenvalue weighted by Crippen LogP contribution is 2.24. The van der Waals surface area contributed by atoms with Gasteiger partial charge in [-0.1, -0.05) is 6.42 Å². The molecule has 0 aliphatic carbocycles. The van der Waals surface area contributed by atoms with Gasteiger partial charge in [-0.2, -0.15) is 0 Å². The van der Waals surface area contributed by atoms with Gasteiger partial charge in [-0.3, -0.25) is 4.90 Å². The van der Waals surface area contributed by atoms with E-state index in [1.54, 1.807) is 6.26 Å². The van der Waals surface area contributed by atoms with Gasteiger partial charge in [-0.05, 0) is 45.0 Å². The van der Waals surface area contributed by atoms with Gasteiger partial charge in [-0.25, -0.2) is 4.79 Å². The maximum Gasteiger partial charge on any atom is 0.317 e. The molecule has 3 heterocycles. The Morgan fingerprint density at radius 3 is 2.87 bits per heavy atom. The number of ether oxygens (including phenoxy) is 1. The molecule has 0 bridgehead atoms. The Balaban J connectivity index is 1.58. The first-order valence-electron chi connectivity index (χ1n) is 8.66. The molecule has 0 aromatic carbocycles. The minimum absolute atomic E-state index is 0.00582. The molecule has 1 N–H and O–H groups in total. The molecule has 2 amide bonds. The largest absolute Gasteiger partial charge is 0.468 e. The van der Waals surface area contributed by atoms with Gasteiger partial charge in [0.1, 0.15) is 5.76 Å². The Hall–Kier alpha value is -1.53. The van der Waals surface area contributed by atoms with Crippen LogP contribution in [0.4, 0.5) is 4.79 Å². The van der Waals surface area contributed by atoms with Crippen LogP contribution in [-0.4, -0.2) is 61.3 Å². The topological polar surface area (TPSA) is 58.0 Å². The van der Waals surface area contributed by atoms with E-state index in [2.05, 4.69) is 10.2 Å². The van der Waals surface area contributed by atoms with Gasteiger partial charge in [0.05, 0.1) is 25.0 Å². The molecule has 3 rings (SSSR count). The Bertz CT molecular complexity index is 485. The standard InChI is InChI=1S/C17H27N3O3/c1-14-13-20(9-11-22-14)17(21)18-12-15(16-6-5-10-23-16)19-7-3-2-4-8-19/h5-6,10,14-15H,2-4,7-9,11-13H2,1H3,(H,18,21)/t14-,15-/m1/s1. The lowest BCUT2D eigenvalue weighted by molar-refractivity contribution is -0.00381. The number of carbonyl (C=O) groups is 1. The van der Waals surface area contributed by atoms with Gasteiger partial charge in [0.25, 0.3) is 0 Å². The summed E-state index contributed by atoms with van der Waals surface area (Å²) in [7, 11) is 0. The molecule has 0 saturated carbocycles. The highest BCUT2D eigenvalue weighted by molar-refractivity contribution is 5.74. The fourth-order valence-corrected chi connectivity index (χ4v) is 3.42. The van der Waals surface area contributed by atoms with E-state index >= 15 is 0 Å². The second-order valence-electron chi connectivity index (χ2n) is 6.44. The van der Waals surface area contributed by atoms with Crippen LogP contribution < -0.4 is 5.32 Å². The quantitative estimate of drug-likeness (QED) is 0.924.